The zero-order valence-corrected chi connectivity index (χ0v) is 18.9. The number of hydrogen-bond acceptors (Lipinski definition) is 8. The summed E-state index contributed by atoms with van der Waals surface area (Å²) in [6.45, 7) is 8.83. The lowest BCUT2D eigenvalue weighted by molar-refractivity contribution is 0.0535. The molecule has 1 N–H and O–H groups in total. The quantitative estimate of drug-likeness (QED) is 0.612. The van der Waals surface area contributed by atoms with Gasteiger partial charge in [-0.1, -0.05) is 6.07 Å². The highest BCUT2D eigenvalue weighted by atomic mass is 16.5. The first kappa shape index (κ1) is 21.3. The first-order valence-electron chi connectivity index (χ1n) is 11.0. The van der Waals surface area contributed by atoms with Crippen LogP contribution in [0.15, 0.2) is 35.1 Å². The summed E-state index contributed by atoms with van der Waals surface area (Å²) >= 11 is 0. The van der Waals surface area contributed by atoms with Crippen LogP contribution in [0.4, 0.5) is 0 Å². The predicted molar refractivity (Wildman–Crippen MR) is 120 cm³/mol. The smallest absolute Gasteiger partial charge is 0.338 e. The molecule has 33 heavy (non-hydrogen) atoms. The number of fused-ring (bicyclic) bond motifs is 1. The minimum Gasteiger partial charge on any atom is -0.457 e. The maximum atomic E-state index is 11.9. The van der Waals surface area contributed by atoms with E-state index in [-0.39, 0.29) is 12.0 Å². The molecule has 0 saturated carbocycles. The summed E-state index contributed by atoms with van der Waals surface area (Å²) < 4.78 is 10.9. The van der Waals surface area contributed by atoms with Gasteiger partial charge in [0.15, 0.2) is 0 Å². The van der Waals surface area contributed by atoms with Crippen molar-refractivity contribution < 1.29 is 13.9 Å². The van der Waals surface area contributed by atoms with Gasteiger partial charge in [0.1, 0.15) is 24.6 Å². The number of carbonyl (C=O) groups excluding carboxylic acids is 1. The number of hydrogen-bond donors (Lipinski definition) is 1. The van der Waals surface area contributed by atoms with E-state index in [9.17, 15) is 4.79 Å². The molecule has 0 aliphatic carbocycles. The SMILES string of the molecule is Cc1cc(-c2nc(CN3C[C@@H](c4ccc5c(c4C)COC5=O)N[C@@H](C)C3)co2)ncc1C#N. The number of aromatic nitrogens is 2. The van der Waals surface area contributed by atoms with Gasteiger partial charge < -0.3 is 14.5 Å². The van der Waals surface area contributed by atoms with E-state index in [4.69, 9.17) is 14.4 Å². The van der Waals surface area contributed by atoms with Gasteiger partial charge in [-0.2, -0.15) is 5.26 Å². The Morgan fingerprint density at radius 1 is 1.30 bits per heavy atom. The Morgan fingerprint density at radius 3 is 2.94 bits per heavy atom. The molecule has 2 aliphatic heterocycles. The van der Waals surface area contributed by atoms with E-state index in [2.05, 4.69) is 40.1 Å². The zero-order valence-electron chi connectivity index (χ0n) is 18.9. The Morgan fingerprint density at radius 2 is 2.15 bits per heavy atom. The molecule has 0 radical (unpaired) electrons. The molecule has 0 amide bonds. The molecule has 1 fully saturated rings. The van der Waals surface area contributed by atoms with Gasteiger partial charge in [0.25, 0.3) is 0 Å². The van der Waals surface area contributed by atoms with E-state index in [1.807, 2.05) is 25.1 Å². The summed E-state index contributed by atoms with van der Waals surface area (Å²) in [5.41, 5.74) is 6.84. The molecule has 1 saturated heterocycles. The van der Waals surface area contributed by atoms with Crippen molar-refractivity contribution in [3.8, 4) is 17.7 Å². The molecule has 2 aromatic heterocycles. The van der Waals surface area contributed by atoms with E-state index >= 15 is 0 Å². The van der Waals surface area contributed by atoms with Crippen LogP contribution in [0.1, 0.15) is 56.8 Å². The minimum absolute atomic E-state index is 0.143. The number of benzene rings is 1. The van der Waals surface area contributed by atoms with Gasteiger partial charge >= 0.3 is 5.97 Å². The molecule has 2 aliphatic rings. The summed E-state index contributed by atoms with van der Waals surface area (Å²) in [6.07, 6.45) is 3.23. The van der Waals surface area contributed by atoms with Crippen molar-refractivity contribution in [2.75, 3.05) is 13.1 Å². The first-order valence-corrected chi connectivity index (χ1v) is 11.0. The third-order valence-corrected chi connectivity index (χ3v) is 6.43. The lowest BCUT2D eigenvalue weighted by atomic mass is 9.92. The predicted octanol–water partition coefficient (Wildman–Crippen LogP) is 3.43. The molecular formula is C25H25N5O3. The Labute approximate surface area is 192 Å². The highest BCUT2D eigenvalue weighted by molar-refractivity contribution is 5.94. The third kappa shape index (κ3) is 4.01. The molecule has 2 atom stereocenters. The van der Waals surface area contributed by atoms with Crippen molar-refractivity contribution in [3.05, 3.63) is 69.7 Å². The lowest BCUT2D eigenvalue weighted by Gasteiger charge is -2.38. The highest BCUT2D eigenvalue weighted by Gasteiger charge is 2.30. The minimum atomic E-state index is -0.236. The number of oxazole rings is 1. The fourth-order valence-electron chi connectivity index (χ4n) is 4.75. The normalized spacial score (nSPS) is 20.4. The van der Waals surface area contributed by atoms with Crippen molar-refractivity contribution in [3.63, 3.8) is 0 Å². The number of nitrogens with one attached hydrogen (secondary N) is 1. The summed E-state index contributed by atoms with van der Waals surface area (Å²) in [7, 11) is 0. The first-order chi connectivity index (χ1) is 15.9. The number of piperazine rings is 1. The summed E-state index contributed by atoms with van der Waals surface area (Å²) in [5.74, 6) is 0.219. The third-order valence-electron chi connectivity index (χ3n) is 6.43. The molecule has 5 rings (SSSR count). The van der Waals surface area contributed by atoms with Gasteiger partial charge in [0, 0.05) is 43.5 Å². The van der Waals surface area contributed by atoms with Crippen molar-refractivity contribution in [2.45, 2.75) is 46.0 Å². The number of nitriles is 1. The van der Waals surface area contributed by atoms with Crippen LogP contribution in [-0.4, -0.2) is 40.0 Å². The molecule has 1 aromatic carbocycles. The zero-order chi connectivity index (χ0) is 23.1. The average Bonchev–Trinajstić information content (AvgIpc) is 3.41. The maximum absolute atomic E-state index is 11.9. The molecule has 0 unspecified atom stereocenters. The Balaban J connectivity index is 1.33. The molecule has 168 valence electrons. The van der Waals surface area contributed by atoms with Gasteiger partial charge in [0.05, 0.1) is 16.8 Å². The average molecular weight is 444 g/mol. The number of ether oxygens (including phenoxy) is 1. The molecule has 0 spiro atoms. The number of pyridine rings is 1. The Hall–Kier alpha value is -3.54. The van der Waals surface area contributed by atoms with E-state index in [0.717, 1.165) is 35.5 Å². The Bertz CT molecular complexity index is 1280. The van der Waals surface area contributed by atoms with Gasteiger partial charge in [-0.15, -0.1) is 0 Å². The molecule has 3 aromatic rings. The second-order valence-electron chi connectivity index (χ2n) is 8.84. The van der Waals surface area contributed by atoms with E-state index < -0.39 is 0 Å². The van der Waals surface area contributed by atoms with Gasteiger partial charge in [-0.25, -0.2) is 14.8 Å². The summed E-state index contributed by atoms with van der Waals surface area (Å²) in [4.78, 5) is 23.2. The van der Waals surface area contributed by atoms with E-state index in [1.165, 1.54) is 5.56 Å². The molecule has 8 nitrogen and oxygen atoms in total. The summed E-state index contributed by atoms with van der Waals surface area (Å²) in [6, 6.07) is 8.31. The van der Waals surface area contributed by atoms with Crippen molar-refractivity contribution in [1.29, 1.82) is 5.26 Å². The highest BCUT2D eigenvalue weighted by Crippen LogP contribution is 2.31. The van der Waals surface area contributed by atoms with Gasteiger partial charge in [0.2, 0.25) is 5.89 Å². The fraction of sp³-hybridized carbons (Fsp3) is 0.360. The maximum Gasteiger partial charge on any atom is 0.338 e. The second-order valence-corrected chi connectivity index (χ2v) is 8.84. The number of cyclic esters (lactones) is 1. The number of esters is 1. The Kier molecular flexibility index (Phi) is 5.44. The topological polar surface area (TPSA) is 104 Å². The number of aryl methyl sites for hydroxylation is 1. The van der Waals surface area contributed by atoms with Crippen LogP contribution < -0.4 is 5.32 Å². The monoisotopic (exact) mass is 443 g/mol. The van der Waals surface area contributed by atoms with Crippen LogP contribution >= 0.6 is 0 Å². The standard InChI is InChI=1S/C25H25N5O3/c1-14-6-22(27-8-17(14)7-26)24-29-18(12-32-24)10-30-9-15(2)28-23(11-30)19-4-5-20-21(16(19)3)13-33-25(20)31/h4-6,8,12,15,23,28H,9-11,13H2,1-3H3/t15-,23-/m0/s1. The fourth-order valence-corrected chi connectivity index (χ4v) is 4.75. The second kappa shape index (κ2) is 8.43. The van der Waals surface area contributed by atoms with Crippen LogP contribution in [0.3, 0.4) is 0 Å². The van der Waals surface area contributed by atoms with Crippen LogP contribution in [0, 0.1) is 25.2 Å². The molecule has 8 heteroatoms. The van der Waals surface area contributed by atoms with Crippen LogP contribution in [-0.2, 0) is 17.9 Å². The van der Waals surface area contributed by atoms with E-state index in [1.54, 1.807) is 12.5 Å². The van der Waals surface area contributed by atoms with Gasteiger partial charge in [-0.3, -0.25) is 4.90 Å². The number of carbonyl (C=O) groups is 1. The van der Waals surface area contributed by atoms with Crippen molar-refractivity contribution in [2.24, 2.45) is 0 Å². The molecule has 4 heterocycles. The lowest BCUT2D eigenvalue weighted by Crippen LogP contribution is -2.50. The summed E-state index contributed by atoms with van der Waals surface area (Å²) in [5, 5.41) is 12.8. The number of rotatable bonds is 4. The van der Waals surface area contributed by atoms with Gasteiger partial charge in [-0.05, 0) is 49.6 Å². The molecular weight excluding hydrogens is 418 g/mol. The largest absolute Gasteiger partial charge is 0.457 e. The van der Waals surface area contributed by atoms with Crippen molar-refractivity contribution >= 4 is 5.97 Å². The van der Waals surface area contributed by atoms with Crippen LogP contribution in [0.25, 0.3) is 11.6 Å². The van der Waals surface area contributed by atoms with E-state index in [0.29, 0.717) is 41.9 Å². The van der Waals surface area contributed by atoms with Crippen LogP contribution in [0.5, 0.6) is 0 Å². The van der Waals surface area contributed by atoms with Crippen LogP contribution in [0.2, 0.25) is 0 Å². The molecule has 0 bridgehead atoms. The number of nitrogens with zero attached hydrogens (tertiary/aromatic N) is 4. The van der Waals surface area contributed by atoms with Crippen molar-refractivity contribution in [1.82, 2.24) is 20.2 Å².